The van der Waals surface area contributed by atoms with E-state index in [9.17, 15) is 9.59 Å². The molecule has 4 aromatic rings. The number of para-hydroxylation sites is 2. The first-order chi connectivity index (χ1) is 18.9. The van der Waals surface area contributed by atoms with E-state index in [2.05, 4.69) is 26.2 Å². The van der Waals surface area contributed by atoms with Gasteiger partial charge in [0.15, 0.2) is 0 Å². The van der Waals surface area contributed by atoms with E-state index in [4.69, 9.17) is 5.10 Å². The topological polar surface area (TPSA) is 65.0 Å². The Morgan fingerprint density at radius 2 is 1.46 bits per heavy atom. The van der Waals surface area contributed by atoms with Crippen molar-refractivity contribution in [3.63, 3.8) is 0 Å². The number of quaternary nitrogens is 1. The van der Waals surface area contributed by atoms with Crippen LogP contribution in [0.3, 0.4) is 0 Å². The van der Waals surface area contributed by atoms with Gasteiger partial charge in [-0.1, -0.05) is 78.9 Å². The molecule has 1 atom stereocenters. The fraction of sp³-hybridized carbons (Fsp3) is 0.219. The first kappa shape index (κ1) is 26.1. The van der Waals surface area contributed by atoms with Crippen molar-refractivity contribution in [1.29, 1.82) is 0 Å². The molecule has 0 radical (unpaired) electrons. The summed E-state index contributed by atoms with van der Waals surface area (Å²) in [4.78, 5) is 28.0. The molecule has 1 unspecified atom stereocenters. The molecular formula is C32H34N5O2+. The molecule has 0 fully saturated rings. The van der Waals surface area contributed by atoms with Gasteiger partial charge in [-0.3, -0.25) is 9.59 Å². The minimum atomic E-state index is -1.63. The summed E-state index contributed by atoms with van der Waals surface area (Å²) in [6.45, 7) is 6.97. The van der Waals surface area contributed by atoms with E-state index in [-0.39, 0.29) is 11.8 Å². The minimum absolute atomic E-state index is 0.328. The maximum Gasteiger partial charge on any atom is 0.306 e. The number of benzene rings is 4. The SMILES string of the molecule is CC[N+](C)(CC)N(c1ccccc1)C1(NC(C)=O)C(=O)N(c2ccccc2)N=C1c1cccc2ccccc12. The highest BCUT2D eigenvalue weighted by Crippen LogP contribution is 2.39. The molecule has 7 heteroatoms. The van der Waals surface area contributed by atoms with Gasteiger partial charge in [0.2, 0.25) is 5.91 Å². The molecule has 7 nitrogen and oxygen atoms in total. The Balaban J connectivity index is 1.90. The Morgan fingerprint density at radius 3 is 2.10 bits per heavy atom. The lowest BCUT2D eigenvalue weighted by Crippen LogP contribution is -2.78. The van der Waals surface area contributed by atoms with Crippen LogP contribution in [0.25, 0.3) is 10.8 Å². The van der Waals surface area contributed by atoms with Gasteiger partial charge in [-0.15, -0.1) is 0 Å². The van der Waals surface area contributed by atoms with Crippen molar-refractivity contribution < 1.29 is 14.2 Å². The van der Waals surface area contributed by atoms with Crippen LogP contribution in [0.2, 0.25) is 0 Å². The van der Waals surface area contributed by atoms with Crippen molar-refractivity contribution >= 4 is 39.7 Å². The van der Waals surface area contributed by atoms with E-state index in [1.807, 2.05) is 108 Å². The molecule has 2 amide bonds. The first-order valence-electron chi connectivity index (χ1n) is 13.3. The lowest BCUT2D eigenvalue weighted by molar-refractivity contribution is -0.917. The van der Waals surface area contributed by atoms with Gasteiger partial charge in [-0.25, -0.2) is 4.59 Å². The monoisotopic (exact) mass is 520 g/mol. The van der Waals surface area contributed by atoms with Crippen molar-refractivity contribution in [3.8, 4) is 0 Å². The molecule has 0 aromatic heterocycles. The average molecular weight is 521 g/mol. The maximum atomic E-state index is 14.9. The number of hydrazone groups is 1. The fourth-order valence-electron chi connectivity index (χ4n) is 5.42. The molecule has 0 bridgehead atoms. The van der Waals surface area contributed by atoms with Crippen LogP contribution in [-0.2, 0) is 9.59 Å². The number of carbonyl (C=O) groups is 2. The van der Waals surface area contributed by atoms with Gasteiger partial charge in [-0.05, 0) is 48.9 Å². The second-order valence-corrected chi connectivity index (χ2v) is 9.94. The van der Waals surface area contributed by atoms with E-state index < -0.39 is 5.66 Å². The van der Waals surface area contributed by atoms with Crippen LogP contribution in [0, 0.1) is 0 Å². The first-order valence-corrected chi connectivity index (χ1v) is 13.3. The van der Waals surface area contributed by atoms with Gasteiger partial charge in [0.25, 0.3) is 5.66 Å². The quantitative estimate of drug-likeness (QED) is 0.194. The standard InChI is InChI=1S/C32H33N5O2/c1-5-37(4,6-2)36(27-20-11-8-12-21-27)32(33-24(3)38)30(29-23-15-17-25-16-13-14-22-28(25)29)34-35(31(32)39)26-18-9-7-10-19-26/h7-23H,5-6H2,1-4H3/p+1. The predicted octanol–water partition coefficient (Wildman–Crippen LogP) is 5.33. The number of anilines is 2. The van der Waals surface area contributed by atoms with E-state index >= 15 is 0 Å². The lowest BCUT2D eigenvalue weighted by atomic mass is 9.91. The third kappa shape index (κ3) is 4.34. The summed E-state index contributed by atoms with van der Waals surface area (Å²) in [5.74, 6) is -0.673. The number of carbonyl (C=O) groups excluding carboxylic acids is 2. The van der Waals surface area contributed by atoms with Crippen molar-refractivity contribution in [2.75, 3.05) is 30.2 Å². The summed E-state index contributed by atoms with van der Waals surface area (Å²) in [5, 5.41) is 13.6. The van der Waals surface area contributed by atoms with Gasteiger partial charge in [-0.2, -0.15) is 15.1 Å². The summed E-state index contributed by atoms with van der Waals surface area (Å²) in [6, 6.07) is 33.2. The normalized spacial score (nSPS) is 17.3. The molecule has 5 rings (SSSR count). The largest absolute Gasteiger partial charge is 0.316 e. The van der Waals surface area contributed by atoms with Crippen molar-refractivity contribution in [3.05, 3.63) is 109 Å². The van der Waals surface area contributed by atoms with Gasteiger partial charge in [0.1, 0.15) is 5.71 Å². The molecule has 0 aliphatic carbocycles. The zero-order valence-electron chi connectivity index (χ0n) is 22.8. The molecule has 1 aliphatic heterocycles. The molecule has 0 saturated heterocycles. The molecular weight excluding hydrogens is 486 g/mol. The zero-order chi connectivity index (χ0) is 27.6. The molecule has 39 heavy (non-hydrogen) atoms. The van der Waals surface area contributed by atoms with E-state index in [0.717, 1.165) is 22.0 Å². The van der Waals surface area contributed by atoms with Crippen molar-refractivity contribution in [2.45, 2.75) is 26.4 Å². The summed E-state index contributed by atoms with van der Waals surface area (Å²) in [5.41, 5.74) is 1.05. The second kappa shape index (κ2) is 10.3. The smallest absolute Gasteiger partial charge is 0.306 e. The van der Waals surface area contributed by atoms with E-state index in [1.54, 1.807) is 0 Å². The Kier molecular flexibility index (Phi) is 6.93. The molecule has 0 saturated carbocycles. The minimum Gasteiger partial charge on any atom is -0.316 e. The van der Waals surface area contributed by atoms with Crippen molar-refractivity contribution in [2.24, 2.45) is 5.10 Å². The van der Waals surface area contributed by atoms with E-state index in [0.29, 0.717) is 29.1 Å². The van der Waals surface area contributed by atoms with Crippen LogP contribution in [0.15, 0.2) is 108 Å². The van der Waals surface area contributed by atoms with Crippen LogP contribution in [0.1, 0.15) is 26.3 Å². The van der Waals surface area contributed by atoms with Crippen LogP contribution in [-0.4, -0.2) is 47.9 Å². The van der Waals surface area contributed by atoms with Crippen molar-refractivity contribution in [1.82, 2.24) is 5.32 Å². The Hall–Kier alpha value is -4.49. The number of fused-ring (bicyclic) bond motifs is 1. The molecule has 1 N–H and O–H groups in total. The zero-order valence-corrected chi connectivity index (χ0v) is 22.8. The summed E-state index contributed by atoms with van der Waals surface area (Å²) >= 11 is 0. The predicted molar refractivity (Wildman–Crippen MR) is 157 cm³/mol. The number of nitrogens with one attached hydrogen (secondary N) is 1. The third-order valence-electron chi connectivity index (χ3n) is 7.61. The van der Waals surface area contributed by atoms with E-state index in [1.165, 1.54) is 11.9 Å². The number of rotatable bonds is 8. The van der Waals surface area contributed by atoms with Crippen LogP contribution in [0.4, 0.5) is 11.4 Å². The van der Waals surface area contributed by atoms with Gasteiger partial charge in [0, 0.05) is 12.5 Å². The molecule has 0 spiro atoms. The Morgan fingerprint density at radius 1 is 0.872 bits per heavy atom. The number of hydrogen-bond donors (Lipinski definition) is 1. The summed E-state index contributed by atoms with van der Waals surface area (Å²) in [6.07, 6.45) is 0. The molecule has 4 aromatic carbocycles. The average Bonchev–Trinajstić information content (AvgIpc) is 3.24. The summed E-state index contributed by atoms with van der Waals surface area (Å²) < 4.78 is 0.350. The fourth-order valence-corrected chi connectivity index (χ4v) is 5.42. The van der Waals surface area contributed by atoms with Crippen LogP contribution in [0.5, 0.6) is 0 Å². The number of nitrogens with zero attached hydrogens (tertiary/aromatic N) is 4. The molecule has 1 heterocycles. The maximum absolute atomic E-state index is 14.9. The van der Waals surface area contributed by atoms with Crippen LogP contribution >= 0.6 is 0 Å². The second-order valence-electron chi connectivity index (χ2n) is 9.94. The summed E-state index contributed by atoms with van der Waals surface area (Å²) in [7, 11) is 2.08. The third-order valence-corrected chi connectivity index (χ3v) is 7.61. The number of hydrogen-bond acceptors (Lipinski definition) is 4. The highest BCUT2D eigenvalue weighted by Gasteiger charge is 2.63. The lowest BCUT2D eigenvalue weighted by Gasteiger charge is -2.50. The molecule has 1 aliphatic rings. The van der Waals surface area contributed by atoms with Crippen LogP contribution < -0.4 is 15.3 Å². The highest BCUT2D eigenvalue weighted by molar-refractivity contribution is 6.33. The highest BCUT2D eigenvalue weighted by atomic mass is 16.2. The Bertz CT molecular complexity index is 1530. The van der Waals surface area contributed by atoms with Gasteiger partial charge >= 0.3 is 5.91 Å². The van der Waals surface area contributed by atoms with Gasteiger partial charge < -0.3 is 5.32 Å². The number of amides is 2. The van der Waals surface area contributed by atoms with Gasteiger partial charge in [0.05, 0.1) is 31.5 Å². The Labute approximate surface area is 229 Å². The molecule has 198 valence electrons.